The van der Waals surface area contributed by atoms with Gasteiger partial charge in [0.25, 0.3) is 0 Å². The van der Waals surface area contributed by atoms with Crippen LogP contribution in [0.3, 0.4) is 0 Å². The fourth-order valence-corrected chi connectivity index (χ4v) is 3.36. The summed E-state index contributed by atoms with van der Waals surface area (Å²) >= 11 is 6.09. The van der Waals surface area contributed by atoms with E-state index in [0.717, 1.165) is 30.4 Å². The van der Waals surface area contributed by atoms with Gasteiger partial charge in [-0.2, -0.15) is 0 Å². The molecule has 0 aromatic carbocycles. The summed E-state index contributed by atoms with van der Waals surface area (Å²) in [4.78, 5) is 18.2. The molecule has 0 saturated heterocycles. The summed E-state index contributed by atoms with van der Waals surface area (Å²) in [6.45, 7) is 6.02. The lowest BCUT2D eigenvalue weighted by Crippen LogP contribution is -2.47. The van der Waals surface area contributed by atoms with E-state index in [1.165, 1.54) is 0 Å². The monoisotopic (exact) mass is 338 g/mol. The second-order valence-corrected chi connectivity index (χ2v) is 7.75. The Morgan fingerprint density at radius 2 is 2.17 bits per heavy atom. The Morgan fingerprint density at radius 1 is 1.48 bits per heavy atom. The van der Waals surface area contributed by atoms with Crippen molar-refractivity contribution in [3.8, 4) is 0 Å². The van der Waals surface area contributed by atoms with Crippen LogP contribution in [-0.2, 0) is 15.1 Å². The average molecular weight is 339 g/mol. The molecule has 0 unspecified atom stereocenters. The number of aromatic nitrogens is 1. The summed E-state index contributed by atoms with van der Waals surface area (Å²) in [5, 5.41) is 0.458. The number of nitrogens with zero attached hydrogens (tertiary/aromatic N) is 2. The first-order chi connectivity index (χ1) is 10.7. The van der Waals surface area contributed by atoms with E-state index >= 15 is 0 Å². The second kappa shape index (κ2) is 5.64. The van der Waals surface area contributed by atoms with Crippen LogP contribution in [-0.4, -0.2) is 35.2 Å². The molecule has 2 heterocycles. The van der Waals surface area contributed by atoms with Gasteiger partial charge in [-0.15, -0.1) is 0 Å². The van der Waals surface area contributed by atoms with Crippen LogP contribution in [0, 0.1) is 0 Å². The SMILES string of the molecule is CN(C(=O)OC(C)(C)C)[C@@H]1COC2(CCC2)c2cc(Cl)ncc21. The van der Waals surface area contributed by atoms with Crippen molar-refractivity contribution in [2.24, 2.45) is 0 Å². The van der Waals surface area contributed by atoms with Gasteiger partial charge >= 0.3 is 6.09 Å². The van der Waals surface area contributed by atoms with Gasteiger partial charge in [-0.1, -0.05) is 11.6 Å². The van der Waals surface area contributed by atoms with E-state index in [1.807, 2.05) is 26.8 Å². The van der Waals surface area contributed by atoms with E-state index < -0.39 is 5.60 Å². The van der Waals surface area contributed by atoms with Crippen LogP contribution in [0.2, 0.25) is 5.15 Å². The number of pyridine rings is 1. The van der Waals surface area contributed by atoms with Crippen LogP contribution in [0.25, 0.3) is 0 Å². The normalized spacial score (nSPS) is 22.2. The number of fused-ring (bicyclic) bond motifs is 2. The highest BCUT2D eigenvalue weighted by Crippen LogP contribution is 2.51. The topological polar surface area (TPSA) is 51.7 Å². The van der Waals surface area contributed by atoms with Gasteiger partial charge < -0.3 is 14.4 Å². The molecule has 3 rings (SSSR count). The van der Waals surface area contributed by atoms with Crippen molar-refractivity contribution >= 4 is 17.7 Å². The summed E-state index contributed by atoms with van der Waals surface area (Å²) in [6, 6.07) is 1.67. The molecule has 1 aromatic heterocycles. The molecule has 0 radical (unpaired) electrons. The maximum Gasteiger partial charge on any atom is 0.410 e. The summed E-state index contributed by atoms with van der Waals surface area (Å²) in [5.74, 6) is 0. The molecule has 6 heteroatoms. The van der Waals surface area contributed by atoms with E-state index in [9.17, 15) is 4.79 Å². The molecule has 1 aromatic rings. The van der Waals surface area contributed by atoms with Gasteiger partial charge in [-0.05, 0) is 51.7 Å². The molecule has 1 saturated carbocycles. The summed E-state index contributed by atoms with van der Waals surface area (Å²) in [5.41, 5.74) is 1.30. The minimum absolute atomic E-state index is 0.212. The molecule has 0 N–H and O–H groups in total. The van der Waals surface area contributed by atoms with Gasteiger partial charge in [0.05, 0.1) is 18.2 Å². The van der Waals surface area contributed by atoms with Gasteiger partial charge in [0, 0.05) is 18.8 Å². The van der Waals surface area contributed by atoms with E-state index in [4.69, 9.17) is 21.1 Å². The fraction of sp³-hybridized carbons (Fsp3) is 0.647. The predicted molar refractivity (Wildman–Crippen MR) is 87.5 cm³/mol. The third-order valence-electron chi connectivity index (χ3n) is 4.58. The molecule has 0 bridgehead atoms. The zero-order chi connectivity index (χ0) is 16.8. The van der Waals surface area contributed by atoms with Crippen LogP contribution < -0.4 is 0 Å². The Labute approximate surface area is 141 Å². The molecule has 126 valence electrons. The zero-order valence-corrected chi connectivity index (χ0v) is 14.8. The molecule has 1 aliphatic heterocycles. The van der Waals surface area contributed by atoms with Crippen molar-refractivity contribution in [2.45, 2.75) is 57.3 Å². The van der Waals surface area contributed by atoms with Gasteiger partial charge in [0.2, 0.25) is 0 Å². The number of halogens is 1. The largest absolute Gasteiger partial charge is 0.444 e. The zero-order valence-electron chi connectivity index (χ0n) is 14.1. The van der Waals surface area contributed by atoms with Gasteiger partial charge in [0.15, 0.2) is 0 Å². The maximum atomic E-state index is 12.4. The summed E-state index contributed by atoms with van der Waals surface area (Å²) in [6.07, 6.45) is 4.53. The molecule has 5 nitrogen and oxygen atoms in total. The first-order valence-corrected chi connectivity index (χ1v) is 8.35. The minimum Gasteiger partial charge on any atom is -0.444 e. The Kier molecular flexibility index (Phi) is 4.05. The maximum absolute atomic E-state index is 12.4. The van der Waals surface area contributed by atoms with Crippen LogP contribution in [0.5, 0.6) is 0 Å². The Morgan fingerprint density at radius 3 is 2.74 bits per heavy atom. The van der Waals surface area contributed by atoms with E-state index in [2.05, 4.69) is 4.98 Å². The number of amides is 1. The van der Waals surface area contributed by atoms with Gasteiger partial charge in [-0.25, -0.2) is 9.78 Å². The van der Waals surface area contributed by atoms with Gasteiger partial charge in [-0.3, -0.25) is 0 Å². The number of ether oxygens (including phenoxy) is 2. The number of carbonyl (C=O) groups excluding carboxylic acids is 1. The van der Waals surface area contributed by atoms with Crippen LogP contribution >= 0.6 is 11.6 Å². The smallest absolute Gasteiger partial charge is 0.410 e. The van der Waals surface area contributed by atoms with Crippen molar-refractivity contribution in [3.63, 3.8) is 0 Å². The highest BCUT2D eigenvalue weighted by atomic mass is 35.5. The van der Waals surface area contributed by atoms with Crippen molar-refractivity contribution in [3.05, 3.63) is 28.5 Å². The third-order valence-corrected chi connectivity index (χ3v) is 4.79. The molecular weight excluding hydrogens is 316 g/mol. The lowest BCUT2D eigenvalue weighted by molar-refractivity contribution is -0.134. The molecule has 1 fully saturated rings. The van der Waals surface area contributed by atoms with Crippen molar-refractivity contribution in [1.29, 1.82) is 0 Å². The molecule has 2 aliphatic rings. The van der Waals surface area contributed by atoms with Crippen molar-refractivity contribution < 1.29 is 14.3 Å². The highest BCUT2D eigenvalue weighted by molar-refractivity contribution is 6.29. The first kappa shape index (κ1) is 16.5. The van der Waals surface area contributed by atoms with Crippen molar-refractivity contribution in [1.82, 2.24) is 9.88 Å². The first-order valence-electron chi connectivity index (χ1n) is 7.98. The van der Waals surface area contributed by atoms with E-state index in [1.54, 1.807) is 18.1 Å². The number of hydrogen-bond donors (Lipinski definition) is 0. The average Bonchev–Trinajstić information content (AvgIpc) is 2.41. The minimum atomic E-state index is -0.531. The molecule has 1 spiro atoms. The fourth-order valence-electron chi connectivity index (χ4n) is 3.20. The second-order valence-electron chi connectivity index (χ2n) is 7.36. The van der Waals surface area contributed by atoms with Crippen molar-refractivity contribution in [2.75, 3.05) is 13.7 Å². The Bertz CT molecular complexity index is 623. The number of rotatable bonds is 1. The lowest BCUT2D eigenvalue weighted by atomic mass is 9.71. The molecule has 23 heavy (non-hydrogen) atoms. The number of carbonyl (C=O) groups is 1. The number of hydrogen-bond acceptors (Lipinski definition) is 4. The van der Waals surface area contributed by atoms with E-state index in [-0.39, 0.29) is 17.7 Å². The molecular formula is C17H23ClN2O3. The highest BCUT2D eigenvalue weighted by Gasteiger charge is 2.47. The standard InChI is InChI=1S/C17H23ClN2O3/c1-16(2,3)23-15(21)20(4)13-10-22-17(6-5-7-17)12-8-14(18)19-9-11(12)13/h8-9,13H,5-7,10H2,1-4H3/t13-/m1/s1. The van der Waals surface area contributed by atoms with Gasteiger partial charge in [0.1, 0.15) is 10.8 Å². The predicted octanol–water partition coefficient (Wildman–Crippen LogP) is 4.05. The lowest BCUT2D eigenvalue weighted by Gasteiger charge is -2.49. The van der Waals surface area contributed by atoms with Crippen LogP contribution in [0.15, 0.2) is 12.3 Å². The quantitative estimate of drug-likeness (QED) is 0.725. The van der Waals surface area contributed by atoms with E-state index in [0.29, 0.717) is 11.8 Å². The third kappa shape index (κ3) is 3.04. The van der Waals surface area contributed by atoms with Crippen LogP contribution in [0.1, 0.15) is 57.2 Å². The molecule has 1 aliphatic carbocycles. The summed E-state index contributed by atoms with van der Waals surface area (Å²) < 4.78 is 11.6. The number of likely N-dealkylation sites (N-methyl/N-ethyl adjacent to an activating group) is 1. The molecule has 1 atom stereocenters. The Balaban J connectivity index is 1.90. The molecule has 1 amide bonds. The Hall–Kier alpha value is -1.33. The summed E-state index contributed by atoms with van der Waals surface area (Å²) in [7, 11) is 1.74. The van der Waals surface area contributed by atoms with Crippen LogP contribution in [0.4, 0.5) is 4.79 Å².